The molecule has 0 bridgehead atoms. The van der Waals surface area contributed by atoms with E-state index >= 15 is 0 Å². The molecular formula is C14H27NO11. The molecule has 0 radical (unpaired) electrons. The molecule has 0 saturated carbocycles. The van der Waals surface area contributed by atoms with E-state index in [0.29, 0.717) is 0 Å². The summed E-state index contributed by atoms with van der Waals surface area (Å²) in [6.07, 6.45) is -14.3. The smallest absolute Gasteiger partial charge is 0.187 e. The summed E-state index contributed by atoms with van der Waals surface area (Å²) in [5, 5.41) is 70.1. The van der Waals surface area contributed by atoms with Crippen LogP contribution >= 0.6 is 0 Å². The van der Waals surface area contributed by atoms with Crippen LogP contribution in [0.25, 0.3) is 0 Å². The van der Waals surface area contributed by atoms with Gasteiger partial charge in [0.15, 0.2) is 12.5 Å². The predicted octanol–water partition coefficient (Wildman–Crippen LogP) is -4.90. The highest BCUT2D eigenvalue weighted by Crippen LogP contribution is 2.29. The zero-order valence-electron chi connectivity index (χ0n) is 14.4. The van der Waals surface area contributed by atoms with Gasteiger partial charge in [-0.05, 0) is 0 Å². The molecule has 7 N–H and O–H groups in total. The third-order valence-corrected chi connectivity index (χ3v) is 4.63. The molecule has 0 unspecified atom stereocenters. The lowest BCUT2D eigenvalue weighted by Crippen LogP contribution is -2.66. The summed E-state index contributed by atoms with van der Waals surface area (Å²) in [5.74, 6) is 0. The van der Waals surface area contributed by atoms with Crippen molar-refractivity contribution in [3.63, 3.8) is 0 Å². The Labute approximate surface area is 149 Å². The van der Waals surface area contributed by atoms with Crippen molar-refractivity contribution in [2.45, 2.75) is 61.3 Å². The molecule has 2 saturated heterocycles. The fraction of sp³-hybridized carbons (Fsp3) is 1.00. The Morgan fingerprint density at radius 3 is 1.96 bits per heavy atom. The zero-order chi connectivity index (χ0) is 19.6. The van der Waals surface area contributed by atoms with Gasteiger partial charge in [0.2, 0.25) is 0 Å². The number of aliphatic hydroxyl groups excluding tert-OH is 7. The number of hydroxylamine groups is 2. The van der Waals surface area contributed by atoms with Gasteiger partial charge < -0.3 is 50.0 Å². The minimum Gasteiger partial charge on any atom is -0.394 e. The van der Waals surface area contributed by atoms with Crippen LogP contribution < -0.4 is 0 Å². The maximum atomic E-state index is 10.4. The van der Waals surface area contributed by atoms with Crippen LogP contribution in [0.4, 0.5) is 0 Å². The van der Waals surface area contributed by atoms with E-state index in [1.807, 2.05) is 0 Å². The number of hydrogen-bond acceptors (Lipinski definition) is 12. The van der Waals surface area contributed by atoms with Crippen molar-refractivity contribution in [1.29, 1.82) is 0 Å². The van der Waals surface area contributed by atoms with Crippen molar-refractivity contribution in [3.05, 3.63) is 0 Å². The van der Waals surface area contributed by atoms with E-state index in [2.05, 4.69) is 0 Å². The molecule has 12 nitrogen and oxygen atoms in total. The van der Waals surface area contributed by atoms with Gasteiger partial charge in [0.05, 0.1) is 20.3 Å². The number of nitrogens with zero attached hydrogens (tertiary/aromatic N) is 1. The molecule has 12 heteroatoms. The molecular weight excluding hydrogens is 358 g/mol. The monoisotopic (exact) mass is 385 g/mol. The lowest BCUT2D eigenvalue weighted by Gasteiger charge is -2.47. The van der Waals surface area contributed by atoms with Crippen molar-refractivity contribution in [2.24, 2.45) is 0 Å². The Kier molecular flexibility index (Phi) is 7.67. The highest BCUT2D eigenvalue weighted by Gasteiger charge is 2.51. The van der Waals surface area contributed by atoms with E-state index in [9.17, 15) is 35.7 Å². The second-order valence-electron chi connectivity index (χ2n) is 6.26. The molecule has 26 heavy (non-hydrogen) atoms. The van der Waals surface area contributed by atoms with Crippen LogP contribution in [-0.4, -0.2) is 130 Å². The van der Waals surface area contributed by atoms with Gasteiger partial charge in [-0.3, -0.25) is 4.84 Å². The molecule has 154 valence electrons. The maximum absolute atomic E-state index is 10.4. The van der Waals surface area contributed by atoms with Crippen LogP contribution in [-0.2, 0) is 19.0 Å². The van der Waals surface area contributed by atoms with Gasteiger partial charge in [0.1, 0.15) is 48.8 Å². The van der Waals surface area contributed by atoms with Crippen molar-refractivity contribution in [2.75, 3.05) is 27.4 Å². The van der Waals surface area contributed by atoms with Crippen LogP contribution in [0.3, 0.4) is 0 Å². The van der Waals surface area contributed by atoms with Crippen molar-refractivity contribution in [1.82, 2.24) is 5.06 Å². The van der Waals surface area contributed by atoms with E-state index in [4.69, 9.17) is 19.0 Å². The number of likely N-dealkylation sites (N-methyl/N-ethyl adjacent to an activating group) is 1. The van der Waals surface area contributed by atoms with Gasteiger partial charge in [-0.25, -0.2) is 0 Å². The normalized spacial score (nSPS) is 47.3. The molecule has 10 atom stereocenters. The van der Waals surface area contributed by atoms with Gasteiger partial charge in [-0.1, -0.05) is 0 Å². The first-order valence-corrected chi connectivity index (χ1v) is 8.12. The third kappa shape index (κ3) is 4.16. The minimum absolute atomic E-state index is 0.597. The van der Waals surface area contributed by atoms with Crippen LogP contribution in [0.2, 0.25) is 0 Å². The number of aliphatic hydroxyl groups is 7. The first-order chi connectivity index (χ1) is 12.3. The number of rotatable bonds is 6. The number of hydrogen-bond donors (Lipinski definition) is 7. The topological polar surface area (TPSA) is 182 Å². The molecule has 2 aliphatic heterocycles. The summed E-state index contributed by atoms with van der Waals surface area (Å²) in [4.78, 5) is 4.92. The van der Waals surface area contributed by atoms with Gasteiger partial charge in [-0.15, -0.1) is 0 Å². The molecule has 0 spiro atoms. The summed E-state index contributed by atoms with van der Waals surface area (Å²) in [5.41, 5.74) is 0. The molecule has 2 rings (SSSR count). The predicted molar refractivity (Wildman–Crippen MR) is 81.2 cm³/mol. The van der Waals surface area contributed by atoms with E-state index in [-0.39, 0.29) is 0 Å². The number of ether oxygens (including phenoxy) is 3. The molecule has 0 aromatic heterocycles. The highest BCUT2D eigenvalue weighted by molar-refractivity contribution is 4.94. The van der Waals surface area contributed by atoms with Gasteiger partial charge in [0.25, 0.3) is 0 Å². The van der Waals surface area contributed by atoms with Crippen LogP contribution in [0.15, 0.2) is 0 Å². The first-order valence-electron chi connectivity index (χ1n) is 8.12. The van der Waals surface area contributed by atoms with Crippen LogP contribution in [0.1, 0.15) is 0 Å². The summed E-state index contributed by atoms with van der Waals surface area (Å²) < 4.78 is 16.1. The van der Waals surface area contributed by atoms with Crippen LogP contribution in [0.5, 0.6) is 0 Å². The lowest BCUT2D eigenvalue weighted by molar-refractivity contribution is -0.363. The minimum atomic E-state index is -1.70. The molecule has 0 aromatic rings. The Morgan fingerprint density at radius 2 is 1.42 bits per heavy atom. The largest absolute Gasteiger partial charge is 0.394 e. The Hall–Kier alpha value is -0.480. The summed E-state index contributed by atoms with van der Waals surface area (Å²) in [6, 6.07) is 0. The Balaban J connectivity index is 2.14. The molecule has 2 aliphatic rings. The third-order valence-electron chi connectivity index (χ3n) is 4.63. The quantitative estimate of drug-likeness (QED) is 0.217. The molecule has 2 heterocycles. The van der Waals surface area contributed by atoms with Gasteiger partial charge in [-0.2, -0.15) is 5.06 Å². The molecule has 2 fully saturated rings. The Morgan fingerprint density at radius 1 is 0.808 bits per heavy atom. The van der Waals surface area contributed by atoms with E-state index in [1.54, 1.807) is 0 Å². The Bertz CT molecular complexity index is 439. The summed E-state index contributed by atoms with van der Waals surface area (Å²) in [6.45, 7) is -1.25. The fourth-order valence-electron chi connectivity index (χ4n) is 2.97. The van der Waals surface area contributed by atoms with E-state index in [0.717, 1.165) is 5.06 Å². The molecule has 0 aliphatic carbocycles. The maximum Gasteiger partial charge on any atom is 0.187 e. The molecule has 0 aromatic carbocycles. The second kappa shape index (κ2) is 9.14. The summed E-state index contributed by atoms with van der Waals surface area (Å²) in [7, 11) is 2.78. The lowest BCUT2D eigenvalue weighted by atomic mass is 9.96. The van der Waals surface area contributed by atoms with Crippen molar-refractivity contribution < 1.29 is 54.8 Å². The molecule has 0 amide bonds. The highest BCUT2D eigenvalue weighted by atomic mass is 16.7. The fourth-order valence-corrected chi connectivity index (χ4v) is 2.97. The second-order valence-corrected chi connectivity index (χ2v) is 6.26. The SMILES string of the molecule is CON(C)[C@@H]1O[C@H](CO)[C@@H](O[C@@H]2O[C@H](CO)[C@H](O)[C@H](O)[C@H]2O)[C@H](O)[C@H]1O. The van der Waals surface area contributed by atoms with Crippen molar-refractivity contribution in [3.8, 4) is 0 Å². The van der Waals surface area contributed by atoms with Gasteiger partial charge >= 0.3 is 0 Å². The van der Waals surface area contributed by atoms with E-state index < -0.39 is 74.6 Å². The first kappa shape index (κ1) is 21.8. The standard InChI is InChI=1S/C14H27NO11/c1-15(23-2)13-10(21)9(20)12(6(4-17)24-13)26-14-11(22)8(19)7(18)5(3-16)25-14/h5-14,16-22H,3-4H2,1-2H3/t5-,6-,7+,8+,9-,10-,11-,12-,13-,14+/m1/s1. The van der Waals surface area contributed by atoms with Gasteiger partial charge in [0, 0.05) is 7.05 Å². The summed E-state index contributed by atoms with van der Waals surface area (Å²) >= 11 is 0. The zero-order valence-corrected chi connectivity index (χ0v) is 14.4. The average Bonchev–Trinajstić information content (AvgIpc) is 2.65. The van der Waals surface area contributed by atoms with E-state index in [1.165, 1.54) is 14.2 Å². The van der Waals surface area contributed by atoms with Crippen LogP contribution in [0, 0.1) is 0 Å². The van der Waals surface area contributed by atoms with Crippen molar-refractivity contribution >= 4 is 0 Å². The average molecular weight is 385 g/mol.